The molecule has 2 nitrogen and oxygen atoms in total. The number of unbranched alkanes of at least 4 members (excludes halogenated alkanes) is 2. The third-order valence-corrected chi connectivity index (χ3v) is 5.29. The number of thioether (sulfide) groups is 1. The van der Waals surface area contributed by atoms with Crippen LogP contribution in [0.4, 0.5) is 0 Å². The SMILES string of the molecule is CC/C=C\C/C=C\C/C=C\C/C=C\C/C=C\CCCCSC(C)(C)C(=O)O. The van der Waals surface area contributed by atoms with Gasteiger partial charge in [0.1, 0.15) is 4.75 Å². The molecule has 0 bridgehead atoms. The summed E-state index contributed by atoms with van der Waals surface area (Å²) in [4.78, 5) is 11.0. The van der Waals surface area contributed by atoms with Crippen LogP contribution in [0.2, 0.25) is 0 Å². The normalized spacial score (nSPS) is 13.3. The number of carbonyl (C=O) groups is 1. The Hall–Kier alpha value is -1.48. The number of aliphatic carboxylic acids is 1. The molecule has 0 unspecified atom stereocenters. The van der Waals surface area contributed by atoms with E-state index in [0.717, 1.165) is 57.1 Å². The van der Waals surface area contributed by atoms with Crippen LogP contribution >= 0.6 is 11.8 Å². The Kier molecular flexibility index (Phi) is 16.9. The van der Waals surface area contributed by atoms with Crippen molar-refractivity contribution in [2.75, 3.05) is 5.75 Å². The lowest BCUT2D eigenvalue weighted by Gasteiger charge is -2.17. The lowest BCUT2D eigenvalue weighted by molar-refractivity contribution is -0.138. The molecule has 0 aliphatic rings. The van der Waals surface area contributed by atoms with Crippen molar-refractivity contribution < 1.29 is 9.90 Å². The molecule has 27 heavy (non-hydrogen) atoms. The molecule has 0 aromatic heterocycles. The summed E-state index contributed by atoms with van der Waals surface area (Å²) >= 11 is 1.53. The van der Waals surface area contributed by atoms with Gasteiger partial charge >= 0.3 is 5.97 Å². The highest BCUT2D eigenvalue weighted by molar-refractivity contribution is 8.01. The van der Waals surface area contributed by atoms with Gasteiger partial charge in [-0.2, -0.15) is 0 Å². The smallest absolute Gasteiger partial charge is 0.319 e. The van der Waals surface area contributed by atoms with Crippen molar-refractivity contribution in [3.8, 4) is 0 Å². The third kappa shape index (κ3) is 17.7. The summed E-state index contributed by atoms with van der Waals surface area (Å²) < 4.78 is -0.669. The van der Waals surface area contributed by atoms with Crippen LogP contribution in [0.1, 0.15) is 72.1 Å². The monoisotopic (exact) mass is 390 g/mol. The Morgan fingerprint density at radius 1 is 0.778 bits per heavy atom. The van der Waals surface area contributed by atoms with Gasteiger partial charge in [0.25, 0.3) is 0 Å². The molecule has 0 saturated heterocycles. The Balaban J connectivity index is 3.54. The molecule has 0 atom stereocenters. The molecule has 0 aliphatic heterocycles. The quantitative estimate of drug-likeness (QED) is 0.219. The lowest BCUT2D eigenvalue weighted by atomic mass is 10.2. The first-order chi connectivity index (χ1) is 13.0. The minimum atomic E-state index is -0.731. The predicted octanol–water partition coefficient (Wildman–Crippen LogP) is 7.50. The summed E-state index contributed by atoms with van der Waals surface area (Å²) in [5.41, 5.74) is 0. The molecule has 0 aromatic rings. The van der Waals surface area contributed by atoms with E-state index in [9.17, 15) is 4.79 Å². The average Bonchev–Trinajstić information content (AvgIpc) is 2.63. The molecule has 0 rings (SSSR count). The summed E-state index contributed by atoms with van der Waals surface area (Å²) in [6.07, 6.45) is 30.5. The van der Waals surface area contributed by atoms with Crippen molar-refractivity contribution in [1.82, 2.24) is 0 Å². The number of carboxylic acids is 1. The zero-order valence-electron chi connectivity index (χ0n) is 17.4. The highest BCUT2D eigenvalue weighted by Crippen LogP contribution is 2.25. The van der Waals surface area contributed by atoms with E-state index in [1.807, 2.05) is 0 Å². The van der Waals surface area contributed by atoms with Crippen molar-refractivity contribution in [1.29, 1.82) is 0 Å². The standard InChI is InChI=1S/C24H38O2S/c1-4-5-6-7-8-9-10-11-12-13-14-15-16-17-18-19-20-21-22-27-24(2,3)23(25)26/h5-6,8-9,11-12,14-15,17-18H,4,7,10,13,16,19-22H2,1-3H3,(H,25,26)/b6-5-,9-8-,12-11-,15-14-,18-17-. The van der Waals surface area contributed by atoms with E-state index in [1.165, 1.54) is 11.8 Å². The number of allylic oxidation sites excluding steroid dienone is 10. The Labute approximate surface area is 171 Å². The molecule has 1 N–H and O–H groups in total. The van der Waals surface area contributed by atoms with Crippen molar-refractivity contribution in [2.45, 2.75) is 76.9 Å². The van der Waals surface area contributed by atoms with Crippen LogP contribution < -0.4 is 0 Å². The van der Waals surface area contributed by atoms with Crippen LogP contribution in [0.15, 0.2) is 60.8 Å². The Morgan fingerprint density at radius 3 is 1.67 bits per heavy atom. The second-order valence-electron chi connectivity index (χ2n) is 6.87. The molecule has 0 amide bonds. The largest absolute Gasteiger partial charge is 0.480 e. The second kappa shape index (κ2) is 17.9. The van der Waals surface area contributed by atoms with Crippen LogP contribution in [0.3, 0.4) is 0 Å². The van der Waals surface area contributed by atoms with E-state index in [0.29, 0.717) is 0 Å². The van der Waals surface area contributed by atoms with Crippen LogP contribution in [-0.4, -0.2) is 21.6 Å². The molecule has 0 aliphatic carbocycles. The Morgan fingerprint density at radius 2 is 1.22 bits per heavy atom. The maximum Gasteiger partial charge on any atom is 0.319 e. The van der Waals surface area contributed by atoms with Gasteiger partial charge in [0.15, 0.2) is 0 Å². The van der Waals surface area contributed by atoms with Gasteiger partial charge in [0.2, 0.25) is 0 Å². The van der Waals surface area contributed by atoms with E-state index in [4.69, 9.17) is 5.11 Å². The van der Waals surface area contributed by atoms with Crippen molar-refractivity contribution in [2.24, 2.45) is 0 Å². The van der Waals surface area contributed by atoms with Crippen molar-refractivity contribution >= 4 is 17.7 Å². The molecule has 0 heterocycles. The number of carboxylic acid groups (broad SMARTS) is 1. The summed E-state index contributed by atoms with van der Waals surface area (Å²) in [5, 5.41) is 9.04. The van der Waals surface area contributed by atoms with Gasteiger partial charge in [-0.3, -0.25) is 4.79 Å². The third-order valence-electron chi connectivity index (χ3n) is 3.90. The molecule has 0 saturated carbocycles. The van der Waals surface area contributed by atoms with Crippen LogP contribution in [-0.2, 0) is 4.79 Å². The van der Waals surface area contributed by atoms with Gasteiger partial charge < -0.3 is 5.11 Å². The lowest BCUT2D eigenvalue weighted by Crippen LogP contribution is -2.27. The van der Waals surface area contributed by atoms with Gasteiger partial charge in [-0.1, -0.05) is 67.7 Å². The van der Waals surface area contributed by atoms with Gasteiger partial charge in [0.05, 0.1) is 0 Å². The molecule has 3 heteroatoms. The summed E-state index contributed by atoms with van der Waals surface area (Å²) in [5.74, 6) is 0.176. The Bertz CT molecular complexity index is 510. The molecular formula is C24H38O2S. The minimum absolute atomic E-state index is 0.669. The van der Waals surface area contributed by atoms with Gasteiger partial charge in [-0.25, -0.2) is 0 Å². The molecule has 0 fully saturated rings. The van der Waals surface area contributed by atoms with Gasteiger partial charge in [0, 0.05) is 0 Å². The summed E-state index contributed by atoms with van der Waals surface area (Å²) in [6.45, 7) is 5.69. The fraction of sp³-hybridized carbons (Fsp3) is 0.542. The van der Waals surface area contributed by atoms with Gasteiger partial charge in [-0.05, 0) is 71.0 Å². The zero-order valence-corrected chi connectivity index (χ0v) is 18.2. The minimum Gasteiger partial charge on any atom is -0.480 e. The van der Waals surface area contributed by atoms with Crippen LogP contribution in [0, 0.1) is 0 Å². The highest BCUT2D eigenvalue weighted by Gasteiger charge is 2.26. The number of rotatable bonds is 16. The highest BCUT2D eigenvalue weighted by atomic mass is 32.2. The van der Waals surface area contributed by atoms with E-state index in [-0.39, 0.29) is 0 Å². The van der Waals surface area contributed by atoms with Crippen molar-refractivity contribution in [3.63, 3.8) is 0 Å². The first kappa shape index (κ1) is 25.5. The maximum atomic E-state index is 11.0. The van der Waals surface area contributed by atoms with E-state index >= 15 is 0 Å². The summed E-state index contributed by atoms with van der Waals surface area (Å²) in [6, 6.07) is 0. The fourth-order valence-corrected chi connectivity index (χ4v) is 3.10. The zero-order chi connectivity index (χ0) is 20.2. The topological polar surface area (TPSA) is 37.3 Å². The first-order valence-corrected chi connectivity index (χ1v) is 11.1. The van der Waals surface area contributed by atoms with Crippen LogP contribution in [0.25, 0.3) is 0 Å². The van der Waals surface area contributed by atoms with Gasteiger partial charge in [-0.15, -0.1) is 11.8 Å². The molecule has 152 valence electrons. The molecule has 0 aromatic carbocycles. The second-order valence-corrected chi connectivity index (χ2v) is 8.59. The van der Waals surface area contributed by atoms with Crippen LogP contribution in [0.5, 0.6) is 0 Å². The summed E-state index contributed by atoms with van der Waals surface area (Å²) in [7, 11) is 0. The molecular weight excluding hydrogens is 352 g/mol. The molecule has 0 radical (unpaired) electrons. The maximum absolute atomic E-state index is 11.0. The first-order valence-electron chi connectivity index (χ1n) is 10.1. The van der Waals surface area contributed by atoms with Crippen molar-refractivity contribution in [3.05, 3.63) is 60.8 Å². The number of hydrogen-bond donors (Lipinski definition) is 1. The predicted molar refractivity (Wildman–Crippen MR) is 122 cm³/mol. The average molecular weight is 391 g/mol. The number of hydrogen-bond acceptors (Lipinski definition) is 2. The molecule has 0 spiro atoms. The van der Waals surface area contributed by atoms with E-state index < -0.39 is 10.7 Å². The fourth-order valence-electron chi connectivity index (χ4n) is 2.12. The van der Waals surface area contributed by atoms with E-state index in [1.54, 1.807) is 13.8 Å². The van der Waals surface area contributed by atoms with E-state index in [2.05, 4.69) is 67.7 Å².